The summed E-state index contributed by atoms with van der Waals surface area (Å²) < 4.78 is 18.7. The van der Waals surface area contributed by atoms with E-state index in [2.05, 4.69) is 10.3 Å². The molecular weight excluding hydrogens is 325 g/mol. The van der Waals surface area contributed by atoms with Gasteiger partial charge in [-0.2, -0.15) is 0 Å². The standard InChI is InChI=1S/C18H20FN3O3/c1-3-15-20-11(2)17(25-15)18(24)21-14-8-16(23)22(10-14)9-12-5-4-6-13(19)7-12/h4-7,14H,3,8-10H2,1-2H3,(H,21,24)/t14-/m1/s1. The molecule has 2 heterocycles. The van der Waals surface area contributed by atoms with Crippen LogP contribution in [0.4, 0.5) is 4.39 Å². The van der Waals surface area contributed by atoms with Crippen LogP contribution in [-0.2, 0) is 17.8 Å². The summed E-state index contributed by atoms with van der Waals surface area (Å²) >= 11 is 0. The third kappa shape index (κ3) is 3.87. The lowest BCUT2D eigenvalue weighted by molar-refractivity contribution is -0.128. The first kappa shape index (κ1) is 17.1. The highest BCUT2D eigenvalue weighted by molar-refractivity contribution is 5.93. The van der Waals surface area contributed by atoms with Crippen LogP contribution in [0.3, 0.4) is 0 Å². The molecule has 25 heavy (non-hydrogen) atoms. The molecular formula is C18H20FN3O3. The molecule has 0 saturated carbocycles. The fraction of sp³-hybridized carbons (Fsp3) is 0.389. The summed E-state index contributed by atoms with van der Waals surface area (Å²) in [7, 11) is 0. The predicted molar refractivity (Wildman–Crippen MR) is 88.3 cm³/mol. The lowest BCUT2D eigenvalue weighted by Gasteiger charge is -2.17. The molecule has 0 radical (unpaired) electrons. The first-order valence-electron chi connectivity index (χ1n) is 8.25. The molecule has 1 aromatic heterocycles. The van der Waals surface area contributed by atoms with Gasteiger partial charge in [-0.3, -0.25) is 9.59 Å². The molecule has 1 aliphatic heterocycles. The molecule has 2 aromatic rings. The lowest BCUT2D eigenvalue weighted by Crippen LogP contribution is -2.37. The number of benzene rings is 1. The maximum Gasteiger partial charge on any atom is 0.289 e. The second kappa shape index (κ2) is 7.04. The van der Waals surface area contributed by atoms with Gasteiger partial charge in [-0.1, -0.05) is 19.1 Å². The topological polar surface area (TPSA) is 75.4 Å². The SMILES string of the molecule is CCc1nc(C)c(C(=O)N[C@@H]2CC(=O)N(Cc3cccc(F)c3)C2)o1. The monoisotopic (exact) mass is 345 g/mol. The Balaban J connectivity index is 1.62. The van der Waals surface area contributed by atoms with Crippen molar-refractivity contribution in [3.63, 3.8) is 0 Å². The van der Waals surface area contributed by atoms with E-state index in [1.54, 1.807) is 24.0 Å². The van der Waals surface area contributed by atoms with Gasteiger partial charge in [0, 0.05) is 25.9 Å². The number of hydrogen-bond acceptors (Lipinski definition) is 4. The minimum absolute atomic E-state index is 0.0712. The number of nitrogens with one attached hydrogen (secondary N) is 1. The first-order chi connectivity index (χ1) is 12.0. The van der Waals surface area contributed by atoms with Crippen molar-refractivity contribution in [2.45, 2.75) is 39.3 Å². The molecule has 2 amide bonds. The van der Waals surface area contributed by atoms with Crippen molar-refractivity contribution in [1.29, 1.82) is 0 Å². The van der Waals surface area contributed by atoms with E-state index in [4.69, 9.17) is 4.42 Å². The van der Waals surface area contributed by atoms with Gasteiger partial charge in [-0.25, -0.2) is 9.37 Å². The first-order valence-corrected chi connectivity index (χ1v) is 8.25. The molecule has 1 aliphatic rings. The van der Waals surface area contributed by atoms with Crippen molar-refractivity contribution in [2.75, 3.05) is 6.54 Å². The van der Waals surface area contributed by atoms with Crippen molar-refractivity contribution >= 4 is 11.8 Å². The van der Waals surface area contributed by atoms with E-state index >= 15 is 0 Å². The van der Waals surface area contributed by atoms with Gasteiger partial charge in [-0.15, -0.1) is 0 Å². The Morgan fingerprint density at radius 3 is 2.96 bits per heavy atom. The number of likely N-dealkylation sites (tertiary alicyclic amines) is 1. The Labute approximate surface area is 145 Å². The summed E-state index contributed by atoms with van der Waals surface area (Å²) in [5.41, 5.74) is 1.26. The van der Waals surface area contributed by atoms with E-state index in [1.807, 2.05) is 6.92 Å². The Morgan fingerprint density at radius 1 is 1.48 bits per heavy atom. The van der Waals surface area contributed by atoms with E-state index < -0.39 is 0 Å². The number of carbonyl (C=O) groups excluding carboxylic acids is 2. The number of carbonyl (C=O) groups is 2. The second-order valence-electron chi connectivity index (χ2n) is 6.15. The predicted octanol–water partition coefficient (Wildman–Crippen LogP) is 2.22. The zero-order valence-corrected chi connectivity index (χ0v) is 14.2. The molecule has 0 bridgehead atoms. The number of halogens is 1. The zero-order chi connectivity index (χ0) is 18.0. The van der Waals surface area contributed by atoms with Gasteiger partial charge in [0.25, 0.3) is 5.91 Å². The average molecular weight is 345 g/mol. The molecule has 1 N–H and O–H groups in total. The maximum atomic E-state index is 13.3. The Hall–Kier alpha value is -2.70. The zero-order valence-electron chi connectivity index (χ0n) is 14.2. The fourth-order valence-electron chi connectivity index (χ4n) is 2.94. The lowest BCUT2D eigenvalue weighted by atomic mass is 10.2. The summed E-state index contributed by atoms with van der Waals surface area (Å²) in [5.74, 6) is -0.0690. The van der Waals surface area contributed by atoms with Crippen LogP contribution in [0.2, 0.25) is 0 Å². The molecule has 1 saturated heterocycles. The normalized spacial score (nSPS) is 17.2. The van der Waals surface area contributed by atoms with Crippen molar-refractivity contribution in [1.82, 2.24) is 15.2 Å². The summed E-state index contributed by atoms with van der Waals surface area (Å²) in [6.45, 7) is 4.32. The smallest absolute Gasteiger partial charge is 0.289 e. The molecule has 6 nitrogen and oxygen atoms in total. The van der Waals surface area contributed by atoms with Gasteiger partial charge in [0.2, 0.25) is 11.7 Å². The Kier molecular flexibility index (Phi) is 4.83. The molecule has 0 spiro atoms. The average Bonchev–Trinajstić information content (AvgIpc) is 3.10. The van der Waals surface area contributed by atoms with Crippen molar-refractivity contribution in [3.8, 4) is 0 Å². The van der Waals surface area contributed by atoms with Crippen LogP contribution in [0.5, 0.6) is 0 Å². The van der Waals surface area contributed by atoms with Gasteiger partial charge >= 0.3 is 0 Å². The largest absolute Gasteiger partial charge is 0.435 e. The summed E-state index contributed by atoms with van der Waals surface area (Å²) in [4.78, 5) is 30.3. The summed E-state index contributed by atoms with van der Waals surface area (Å²) in [6, 6.07) is 5.85. The van der Waals surface area contributed by atoms with Crippen LogP contribution in [0.15, 0.2) is 28.7 Å². The van der Waals surface area contributed by atoms with E-state index in [-0.39, 0.29) is 35.9 Å². The fourth-order valence-corrected chi connectivity index (χ4v) is 2.94. The van der Waals surface area contributed by atoms with Crippen LogP contribution in [0, 0.1) is 12.7 Å². The maximum absolute atomic E-state index is 13.3. The number of hydrogen-bond donors (Lipinski definition) is 1. The van der Waals surface area contributed by atoms with E-state index in [0.717, 1.165) is 5.56 Å². The number of rotatable bonds is 5. The molecule has 1 aromatic carbocycles. The quantitative estimate of drug-likeness (QED) is 0.901. The number of aryl methyl sites for hydroxylation is 2. The van der Waals surface area contributed by atoms with Crippen molar-refractivity contribution in [3.05, 3.63) is 53.0 Å². The van der Waals surface area contributed by atoms with Gasteiger partial charge in [-0.05, 0) is 24.6 Å². The molecule has 3 rings (SSSR count). The molecule has 0 aliphatic carbocycles. The van der Waals surface area contributed by atoms with Crippen LogP contribution in [-0.4, -0.2) is 34.3 Å². The molecule has 0 unspecified atom stereocenters. The highest BCUT2D eigenvalue weighted by atomic mass is 19.1. The van der Waals surface area contributed by atoms with Crippen molar-refractivity contribution in [2.24, 2.45) is 0 Å². The molecule has 132 valence electrons. The van der Waals surface area contributed by atoms with Crippen LogP contribution < -0.4 is 5.32 Å². The van der Waals surface area contributed by atoms with Crippen molar-refractivity contribution < 1.29 is 18.4 Å². The van der Waals surface area contributed by atoms with Crippen LogP contribution in [0.1, 0.15) is 41.0 Å². The van der Waals surface area contributed by atoms with Crippen LogP contribution >= 0.6 is 0 Å². The van der Waals surface area contributed by atoms with Gasteiger partial charge in [0.05, 0.1) is 11.7 Å². The summed E-state index contributed by atoms with van der Waals surface area (Å²) in [6.07, 6.45) is 0.826. The van der Waals surface area contributed by atoms with E-state index in [1.165, 1.54) is 12.1 Å². The second-order valence-corrected chi connectivity index (χ2v) is 6.15. The Bertz CT molecular complexity index is 803. The number of aromatic nitrogens is 1. The molecule has 7 heteroatoms. The number of nitrogens with zero attached hydrogens (tertiary/aromatic N) is 2. The third-order valence-electron chi connectivity index (χ3n) is 4.16. The third-order valence-corrected chi connectivity index (χ3v) is 4.16. The number of oxazole rings is 1. The summed E-state index contributed by atoms with van der Waals surface area (Å²) in [5, 5.41) is 2.82. The molecule has 1 fully saturated rings. The van der Waals surface area contributed by atoms with Gasteiger partial charge < -0.3 is 14.6 Å². The minimum Gasteiger partial charge on any atom is -0.435 e. The minimum atomic E-state index is -0.366. The Morgan fingerprint density at radius 2 is 2.28 bits per heavy atom. The van der Waals surface area contributed by atoms with Crippen LogP contribution in [0.25, 0.3) is 0 Å². The molecule has 1 atom stereocenters. The van der Waals surface area contributed by atoms with E-state index in [9.17, 15) is 14.0 Å². The number of amides is 2. The highest BCUT2D eigenvalue weighted by Gasteiger charge is 2.31. The van der Waals surface area contributed by atoms with Gasteiger partial charge in [0.1, 0.15) is 5.82 Å². The van der Waals surface area contributed by atoms with E-state index in [0.29, 0.717) is 31.1 Å². The van der Waals surface area contributed by atoms with Gasteiger partial charge in [0.15, 0.2) is 5.89 Å². The highest BCUT2D eigenvalue weighted by Crippen LogP contribution is 2.17.